The molecular weight excluding hydrogens is 337 g/mol. The Morgan fingerprint density at radius 2 is 1.92 bits per heavy atom. The monoisotopic (exact) mass is 350 g/mol. The number of rotatable bonds is 5. The first-order valence-electron chi connectivity index (χ1n) is 7.19. The maximum atomic E-state index is 13.2. The third-order valence-corrected chi connectivity index (χ3v) is 3.46. The van der Waals surface area contributed by atoms with Gasteiger partial charge in [-0.15, -0.1) is 0 Å². The van der Waals surface area contributed by atoms with Gasteiger partial charge in [-0.3, -0.25) is 4.79 Å². The molecule has 0 aliphatic heterocycles. The van der Waals surface area contributed by atoms with Crippen molar-refractivity contribution in [2.75, 3.05) is 12.4 Å². The number of hydrogen-bond acceptors (Lipinski definition) is 3. The van der Waals surface area contributed by atoms with Crippen molar-refractivity contribution in [3.63, 3.8) is 0 Å². The standard InChI is InChI=1S/C17H13F3N2O3/c1-24-14-5-3-11(8-15(14)25-17(19)20)21-16(23)13-7-9-6-10(18)2-4-12(9)22-13/h2-8,17,22H,1H3,(H,21,23). The zero-order valence-corrected chi connectivity index (χ0v) is 13.0. The Bertz CT molecular complexity index is 925. The van der Waals surface area contributed by atoms with E-state index in [0.717, 1.165) is 0 Å². The van der Waals surface area contributed by atoms with Gasteiger partial charge in [0.1, 0.15) is 11.5 Å². The van der Waals surface area contributed by atoms with Crippen molar-refractivity contribution >= 4 is 22.5 Å². The van der Waals surface area contributed by atoms with Gasteiger partial charge in [0.2, 0.25) is 0 Å². The van der Waals surface area contributed by atoms with E-state index in [4.69, 9.17) is 4.74 Å². The van der Waals surface area contributed by atoms with Crippen molar-refractivity contribution in [2.24, 2.45) is 0 Å². The van der Waals surface area contributed by atoms with Crippen LogP contribution in [-0.2, 0) is 0 Å². The van der Waals surface area contributed by atoms with E-state index in [-0.39, 0.29) is 22.9 Å². The van der Waals surface area contributed by atoms with Crippen LogP contribution in [-0.4, -0.2) is 24.6 Å². The van der Waals surface area contributed by atoms with Crippen LogP contribution < -0.4 is 14.8 Å². The minimum atomic E-state index is -3.02. The first-order chi connectivity index (χ1) is 12.0. The van der Waals surface area contributed by atoms with Crippen molar-refractivity contribution in [2.45, 2.75) is 6.61 Å². The predicted molar refractivity (Wildman–Crippen MR) is 85.8 cm³/mol. The molecule has 1 aromatic heterocycles. The molecule has 0 unspecified atom stereocenters. The average Bonchev–Trinajstić information content (AvgIpc) is 2.98. The van der Waals surface area contributed by atoms with Crippen molar-refractivity contribution in [3.8, 4) is 11.5 Å². The number of ether oxygens (including phenoxy) is 2. The summed E-state index contributed by atoms with van der Waals surface area (Å²) in [6.07, 6.45) is 0. The van der Waals surface area contributed by atoms with Crippen LogP contribution >= 0.6 is 0 Å². The molecule has 130 valence electrons. The molecule has 5 nitrogen and oxygen atoms in total. The van der Waals surface area contributed by atoms with Gasteiger partial charge in [-0.25, -0.2) is 4.39 Å². The van der Waals surface area contributed by atoms with Gasteiger partial charge in [0.25, 0.3) is 5.91 Å². The number of carbonyl (C=O) groups excluding carboxylic acids is 1. The van der Waals surface area contributed by atoms with E-state index in [0.29, 0.717) is 10.9 Å². The van der Waals surface area contributed by atoms with E-state index >= 15 is 0 Å². The Labute approximate surface area is 140 Å². The maximum Gasteiger partial charge on any atom is 0.387 e. The SMILES string of the molecule is COc1ccc(NC(=O)c2cc3cc(F)ccc3[nH]2)cc1OC(F)F. The quantitative estimate of drug-likeness (QED) is 0.726. The van der Waals surface area contributed by atoms with Gasteiger partial charge in [-0.05, 0) is 36.4 Å². The lowest BCUT2D eigenvalue weighted by atomic mass is 10.2. The van der Waals surface area contributed by atoms with Crippen LogP contribution in [0.4, 0.5) is 18.9 Å². The highest BCUT2D eigenvalue weighted by Crippen LogP contribution is 2.31. The molecule has 0 atom stereocenters. The smallest absolute Gasteiger partial charge is 0.387 e. The second-order valence-electron chi connectivity index (χ2n) is 5.11. The summed E-state index contributed by atoms with van der Waals surface area (Å²) < 4.78 is 47.4. The first kappa shape index (κ1) is 16.7. The highest BCUT2D eigenvalue weighted by Gasteiger charge is 2.14. The van der Waals surface area contributed by atoms with Crippen molar-refractivity contribution in [1.29, 1.82) is 0 Å². The topological polar surface area (TPSA) is 63.3 Å². The normalized spacial score (nSPS) is 10.9. The largest absolute Gasteiger partial charge is 0.493 e. The number of benzene rings is 2. The molecule has 2 N–H and O–H groups in total. The van der Waals surface area contributed by atoms with Crippen LogP contribution in [0.15, 0.2) is 42.5 Å². The molecule has 8 heteroatoms. The molecule has 0 aliphatic rings. The Kier molecular flexibility index (Phi) is 4.51. The molecule has 0 aliphatic carbocycles. The van der Waals surface area contributed by atoms with Gasteiger partial charge in [0.15, 0.2) is 11.5 Å². The maximum absolute atomic E-state index is 13.2. The summed E-state index contributed by atoms with van der Waals surface area (Å²) in [4.78, 5) is 15.2. The summed E-state index contributed by atoms with van der Waals surface area (Å²) in [5, 5.41) is 3.10. The molecule has 0 saturated heterocycles. The second-order valence-corrected chi connectivity index (χ2v) is 5.11. The zero-order valence-electron chi connectivity index (χ0n) is 13.0. The number of hydrogen-bond donors (Lipinski definition) is 2. The van der Waals surface area contributed by atoms with Crippen LogP contribution in [0.5, 0.6) is 11.5 Å². The lowest BCUT2D eigenvalue weighted by Gasteiger charge is -2.12. The Morgan fingerprint density at radius 3 is 2.64 bits per heavy atom. The van der Waals surface area contributed by atoms with Crippen molar-refractivity contribution in [1.82, 2.24) is 4.98 Å². The third kappa shape index (κ3) is 3.68. The zero-order chi connectivity index (χ0) is 18.0. The van der Waals surface area contributed by atoms with Gasteiger partial charge in [-0.2, -0.15) is 8.78 Å². The molecule has 0 bridgehead atoms. The molecule has 0 fully saturated rings. The number of fused-ring (bicyclic) bond motifs is 1. The number of H-pyrrole nitrogens is 1. The number of carbonyl (C=O) groups is 1. The number of amides is 1. The van der Waals surface area contributed by atoms with Crippen LogP contribution in [0.3, 0.4) is 0 Å². The predicted octanol–water partition coefficient (Wildman–Crippen LogP) is 4.17. The average molecular weight is 350 g/mol. The second kappa shape index (κ2) is 6.76. The molecule has 1 heterocycles. The number of methoxy groups -OCH3 is 1. The summed E-state index contributed by atoms with van der Waals surface area (Å²) in [5.41, 5.74) is 1.04. The summed E-state index contributed by atoms with van der Waals surface area (Å²) >= 11 is 0. The lowest BCUT2D eigenvalue weighted by Crippen LogP contribution is -2.12. The van der Waals surface area contributed by atoms with E-state index in [9.17, 15) is 18.0 Å². The van der Waals surface area contributed by atoms with Crippen LogP contribution in [0.25, 0.3) is 10.9 Å². The summed E-state index contributed by atoms with van der Waals surface area (Å²) in [6, 6.07) is 9.69. The molecule has 1 amide bonds. The Hall–Kier alpha value is -3.16. The molecule has 0 spiro atoms. The number of nitrogens with one attached hydrogen (secondary N) is 2. The van der Waals surface area contributed by atoms with Gasteiger partial charge in [-0.1, -0.05) is 0 Å². The summed E-state index contributed by atoms with van der Waals surface area (Å²) in [6.45, 7) is -3.02. The van der Waals surface area contributed by atoms with Crippen LogP contribution in [0.2, 0.25) is 0 Å². The fraction of sp³-hybridized carbons (Fsp3) is 0.118. The van der Waals surface area contributed by atoms with E-state index in [2.05, 4.69) is 15.0 Å². The van der Waals surface area contributed by atoms with Crippen LogP contribution in [0.1, 0.15) is 10.5 Å². The number of aromatic amines is 1. The van der Waals surface area contributed by atoms with Crippen molar-refractivity contribution < 1.29 is 27.4 Å². The molecule has 0 saturated carbocycles. The molecule has 3 rings (SSSR count). The molecule has 0 radical (unpaired) electrons. The number of anilines is 1. The van der Waals surface area contributed by atoms with E-state index in [1.54, 1.807) is 0 Å². The van der Waals surface area contributed by atoms with Gasteiger partial charge in [0.05, 0.1) is 7.11 Å². The van der Waals surface area contributed by atoms with Crippen molar-refractivity contribution in [3.05, 3.63) is 54.0 Å². The summed E-state index contributed by atoms with van der Waals surface area (Å²) in [7, 11) is 1.32. The summed E-state index contributed by atoms with van der Waals surface area (Å²) in [5.74, 6) is -1.01. The minimum Gasteiger partial charge on any atom is -0.493 e. The Morgan fingerprint density at radius 1 is 1.12 bits per heavy atom. The molecule has 3 aromatic rings. The molecular formula is C17H13F3N2O3. The Balaban J connectivity index is 1.84. The molecule has 2 aromatic carbocycles. The highest BCUT2D eigenvalue weighted by atomic mass is 19.3. The highest BCUT2D eigenvalue weighted by molar-refractivity contribution is 6.06. The number of halogens is 3. The third-order valence-electron chi connectivity index (χ3n) is 3.46. The van der Waals surface area contributed by atoms with E-state index in [1.807, 2.05) is 0 Å². The molecule has 25 heavy (non-hydrogen) atoms. The van der Waals surface area contributed by atoms with Crippen LogP contribution in [0, 0.1) is 5.82 Å². The van der Waals surface area contributed by atoms with Gasteiger partial charge in [0, 0.05) is 22.7 Å². The number of alkyl halides is 2. The fourth-order valence-electron chi connectivity index (χ4n) is 2.37. The van der Waals surface area contributed by atoms with Gasteiger partial charge >= 0.3 is 6.61 Å². The van der Waals surface area contributed by atoms with E-state index < -0.39 is 18.3 Å². The number of aromatic nitrogens is 1. The fourth-order valence-corrected chi connectivity index (χ4v) is 2.37. The minimum absolute atomic E-state index is 0.111. The van der Waals surface area contributed by atoms with Gasteiger partial charge < -0.3 is 19.8 Å². The van der Waals surface area contributed by atoms with E-state index in [1.165, 1.54) is 49.6 Å². The lowest BCUT2D eigenvalue weighted by molar-refractivity contribution is -0.0511. The first-order valence-corrected chi connectivity index (χ1v) is 7.19.